The SMILES string of the molecule is C=CC(=O)N1CCC[C@@H](n2nc(-c3ccc(Oc4cccc(Cl)c4F)cc3)c3cnccc32)C1. The van der Waals surface area contributed by atoms with Crippen LogP contribution in [0.4, 0.5) is 4.39 Å². The number of likely N-dealkylation sites (tertiary alicyclic amines) is 1. The number of hydrogen-bond acceptors (Lipinski definition) is 4. The van der Waals surface area contributed by atoms with Gasteiger partial charge in [0.2, 0.25) is 5.91 Å². The lowest BCUT2D eigenvalue weighted by atomic mass is 10.1. The molecule has 0 aliphatic carbocycles. The van der Waals surface area contributed by atoms with Crippen molar-refractivity contribution in [2.45, 2.75) is 18.9 Å². The van der Waals surface area contributed by atoms with Crippen LogP contribution in [0, 0.1) is 5.82 Å². The second-order valence-corrected chi connectivity index (χ2v) is 8.56. The molecule has 0 saturated carbocycles. The maximum Gasteiger partial charge on any atom is 0.246 e. The first kappa shape index (κ1) is 22.1. The fraction of sp³-hybridized carbons (Fsp3) is 0.192. The highest BCUT2D eigenvalue weighted by Crippen LogP contribution is 2.34. The average molecular weight is 477 g/mol. The molecular formula is C26H22ClFN4O2. The number of nitrogens with zero attached hydrogens (tertiary/aromatic N) is 4. The number of fused-ring (bicyclic) bond motifs is 1. The summed E-state index contributed by atoms with van der Waals surface area (Å²) in [6.07, 6.45) is 6.74. The number of benzene rings is 2. The highest BCUT2D eigenvalue weighted by Gasteiger charge is 2.26. The Morgan fingerprint density at radius 2 is 2.03 bits per heavy atom. The molecule has 3 heterocycles. The molecule has 6 nitrogen and oxygen atoms in total. The lowest BCUT2D eigenvalue weighted by molar-refractivity contribution is -0.127. The maximum atomic E-state index is 14.2. The van der Waals surface area contributed by atoms with E-state index in [9.17, 15) is 9.18 Å². The number of aromatic nitrogens is 3. The van der Waals surface area contributed by atoms with Crippen LogP contribution in [0.3, 0.4) is 0 Å². The number of pyridine rings is 1. The Morgan fingerprint density at radius 3 is 2.82 bits per heavy atom. The molecule has 34 heavy (non-hydrogen) atoms. The third kappa shape index (κ3) is 4.15. The minimum absolute atomic E-state index is 0.00898. The van der Waals surface area contributed by atoms with Crippen LogP contribution in [-0.4, -0.2) is 38.7 Å². The monoisotopic (exact) mass is 476 g/mol. The number of halogens is 2. The van der Waals surface area contributed by atoms with Crippen molar-refractivity contribution in [3.63, 3.8) is 0 Å². The number of amides is 1. The van der Waals surface area contributed by atoms with Gasteiger partial charge in [0.05, 0.1) is 16.6 Å². The van der Waals surface area contributed by atoms with Crippen LogP contribution in [-0.2, 0) is 4.79 Å². The molecule has 0 radical (unpaired) electrons. The Balaban J connectivity index is 1.46. The van der Waals surface area contributed by atoms with Crippen LogP contribution in [0.25, 0.3) is 22.2 Å². The lowest BCUT2D eigenvalue weighted by Crippen LogP contribution is -2.40. The van der Waals surface area contributed by atoms with Crippen molar-refractivity contribution in [1.29, 1.82) is 0 Å². The Bertz CT molecular complexity index is 1370. The van der Waals surface area contributed by atoms with Crippen LogP contribution in [0.15, 0.2) is 73.6 Å². The largest absolute Gasteiger partial charge is 0.454 e. The number of rotatable bonds is 5. The predicted molar refractivity (Wildman–Crippen MR) is 129 cm³/mol. The van der Waals surface area contributed by atoms with Crippen molar-refractivity contribution in [2.75, 3.05) is 13.1 Å². The summed E-state index contributed by atoms with van der Waals surface area (Å²) < 4.78 is 21.9. The number of carbonyl (C=O) groups is 1. The minimum atomic E-state index is -0.597. The van der Waals surface area contributed by atoms with E-state index in [0.717, 1.165) is 41.5 Å². The molecule has 1 aliphatic rings. The highest BCUT2D eigenvalue weighted by atomic mass is 35.5. The van der Waals surface area contributed by atoms with Gasteiger partial charge in [-0.15, -0.1) is 0 Å². The lowest BCUT2D eigenvalue weighted by Gasteiger charge is -2.32. The molecule has 5 rings (SSSR count). The van der Waals surface area contributed by atoms with Gasteiger partial charge in [0, 0.05) is 36.4 Å². The Kier molecular flexibility index (Phi) is 6.02. The van der Waals surface area contributed by atoms with Gasteiger partial charge < -0.3 is 9.64 Å². The van der Waals surface area contributed by atoms with E-state index in [1.807, 2.05) is 27.8 Å². The molecule has 1 aliphatic heterocycles. The zero-order valence-electron chi connectivity index (χ0n) is 18.3. The van der Waals surface area contributed by atoms with Gasteiger partial charge >= 0.3 is 0 Å². The average Bonchev–Trinajstić information content (AvgIpc) is 3.27. The van der Waals surface area contributed by atoms with Crippen LogP contribution in [0.1, 0.15) is 18.9 Å². The van der Waals surface area contributed by atoms with Crippen molar-refractivity contribution < 1.29 is 13.9 Å². The van der Waals surface area contributed by atoms with Gasteiger partial charge in [-0.05, 0) is 61.4 Å². The number of piperidine rings is 1. The first-order valence-electron chi connectivity index (χ1n) is 11.0. The second kappa shape index (κ2) is 9.27. The van der Waals surface area contributed by atoms with Gasteiger partial charge in [-0.25, -0.2) is 4.39 Å². The quantitative estimate of drug-likeness (QED) is 0.330. The summed E-state index contributed by atoms with van der Waals surface area (Å²) in [6, 6.07) is 13.9. The van der Waals surface area contributed by atoms with Crippen molar-refractivity contribution >= 4 is 28.4 Å². The summed E-state index contributed by atoms with van der Waals surface area (Å²) in [6.45, 7) is 4.92. The van der Waals surface area contributed by atoms with Crippen LogP contribution < -0.4 is 4.74 Å². The second-order valence-electron chi connectivity index (χ2n) is 8.15. The van der Waals surface area contributed by atoms with E-state index in [1.165, 1.54) is 18.2 Å². The van der Waals surface area contributed by atoms with Crippen molar-refractivity contribution in [1.82, 2.24) is 19.7 Å². The summed E-state index contributed by atoms with van der Waals surface area (Å²) in [5.74, 6) is -0.108. The van der Waals surface area contributed by atoms with Crippen LogP contribution in [0.5, 0.6) is 11.5 Å². The summed E-state index contributed by atoms with van der Waals surface area (Å²) in [5.41, 5.74) is 2.63. The molecule has 2 aromatic heterocycles. The molecule has 1 amide bonds. The van der Waals surface area contributed by atoms with Gasteiger partial charge in [0.1, 0.15) is 11.4 Å². The first-order valence-corrected chi connectivity index (χ1v) is 11.4. The number of hydrogen-bond donors (Lipinski definition) is 0. The molecule has 0 unspecified atom stereocenters. The van der Waals surface area contributed by atoms with E-state index in [-0.39, 0.29) is 22.7 Å². The number of ether oxygens (including phenoxy) is 1. The summed E-state index contributed by atoms with van der Waals surface area (Å²) in [5, 5.41) is 5.87. The fourth-order valence-corrected chi connectivity index (χ4v) is 4.50. The normalized spacial score (nSPS) is 15.9. The summed E-state index contributed by atoms with van der Waals surface area (Å²) in [4.78, 5) is 18.3. The molecule has 0 spiro atoms. The van der Waals surface area contributed by atoms with Crippen molar-refractivity contribution in [3.8, 4) is 22.8 Å². The minimum Gasteiger partial charge on any atom is -0.454 e. The third-order valence-electron chi connectivity index (χ3n) is 6.01. The summed E-state index contributed by atoms with van der Waals surface area (Å²) in [7, 11) is 0. The molecule has 0 bridgehead atoms. The zero-order chi connectivity index (χ0) is 23.7. The molecular weight excluding hydrogens is 455 g/mol. The molecule has 1 atom stereocenters. The van der Waals surface area contributed by atoms with E-state index in [0.29, 0.717) is 12.3 Å². The first-order chi connectivity index (χ1) is 16.5. The Morgan fingerprint density at radius 1 is 1.21 bits per heavy atom. The van der Waals surface area contributed by atoms with Crippen LogP contribution >= 0.6 is 11.6 Å². The maximum absolute atomic E-state index is 14.2. The molecule has 4 aromatic rings. The molecule has 0 N–H and O–H groups in total. The van der Waals surface area contributed by atoms with Gasteiger partial charge in [-0.3, -0.25) is 14.5 Å². The summed E-state index contributed by atoms with van der Waals surface area (Å²) >= 11 is 5.84. The standard InChI is InChI=1S/C26H22ClFN4O2/c1-2-24(33)31-14-4-5-18(16-31)32-22-12-13-29-15-20(22)26(30-32)17-8-10-19(11-9-17)34-23-7-3-6-21(27)25(23)28/h2-3,6-13,15,18H,1,4-5,14,16H2/t18-/m1/s1. The Hall–Kier alpha value is -3.71. The molecule has 8 heteroatoms. The van der Waals surface area contributed by atoms with Crippen molar-refractivity contribution in [2.24, 2.45) is 0 Å². The molecule has 1 fully saturated rings. The van der Waals surface area contributed by atoms with Crippen LogP contribution in [0.2, 0.25) is 5.02 Å². The smallest absolute Gasteiger partial charge is 0.246 e. The van der Waals surface area contributed by atoms with E-state index in [1.54, 1.807) is 30.6 Å². The highest BCUT2D eigenvalue weighted by molar-refractivity contribution is 6.30. The zero-order valence-corrected chi connectivity index (χ0v) is 19.1. The predicted octanol–water partition coefficient (Wildman–Crippen LogP) is 6.03. The topological polar surface area (TPSA) is 60.2 Å². The van der Waals surface area contributed by atoms with Gasteiger partial charge in [0.25, 0.3) is 0 Å². The van der Waals surface area contributed by atoms with Gasteiger partial charge in [0.15, 0.2) is 11.6 Å². The van der Waals surface area contributed by atoms with E-state index in [4.69, 9.17) is 21.4 Å². The van der Waals surface area contributed by atoms with E-state index in [2.05, 4.69) is 11.6 Å². The molecule has 1 saturated heterocycles. The van der Waals surface area contributed by atoms with Crippen molar-refractivity contribution in [3.05, 3.63) is 84.4 Å². The van der Waals surface area contributed by atoms with E-state index < -0.39 is 5.82 Å². The molecule has 2 aromatic carbocycles. The van der Waals surface area contributed by atoms with E-state index >= 15 is 0 Å². The van der Waals surface area contributed by atoms with Gasteiger partial charge in [-0.1, -0.05) is 24.2 Å². The third-order valence-corrected chi connectivity index (χ3v) is 6.30. The fourth-order valence-electron chi connectivity index (χ4n) is 4.33. The Labute approximate surface area is 201 Å². The molecule has 172 valence electrons. The van der Waals surface area contributed by atoms with Gasteiger partial charge in [-0.2, -0.15) is 5.10 Å². The number of carbonyl (C=O) groups excluding carboxylic acids is 1.